The summed E-state index contributed by atoms with van der Waals surface area (Å²) in [6, 6.07) is 5.95. The molecule has 0 aliphatic heterocycles. The molecule has 0 spiro atoms. The highest BCUT2D eigenvalue weighted by molar-refractivity contribution is 5.49. The van der Waals surface area contributed by atoms with E-state index in [0.717, 1.165) is 11.3 Å². The van der Waals surface area contributed by atoms with Crippen molar-refractivity contribution in [1.29, 1.82) is 5.26 Å². The molecule has 0 saturated carbocycles. The molecule has 1 aromatic heterocycles. The Kier molecular flexibility index (Phi) is 3.04. The molecule has 1 heterocycles. The monoisotopic (exact) mass is 158 g/mol. The lowest BCUT2D eigenvalue weighted by Gasteiger charge is -1.93. The molecule has 0 atom stereocenters. The lowest BCUT2D eigenvalue weighted by Crippen LogP contribution is -1.79. The zero-order valence-electron chi connectivity index (χ0n) is 6.99. The van der Waals surface area contributed by atoms with Crippen LogP contribution in [0.3, 0.4) is 0 Å². The molecule has 0 radical (unpaired) electrons. The van der Waals surface area contributed by atoms with Crippen LogP contribution in [0.5, 0.6) is 0 Å². The maximum atomic E-state index is 8.29. The van der Waals surface area contributed by atoms with Crippen LogP contribution in [0.2, 0.25) is 0 Å². The van der Waals surface area contributed by atoms with Crippen LogP contribution in [0.15, 0.2) is 24.4 Å². The highest BCUT2D eigenvalue weighted by atomic mass is 14.6. The van der Waals surface area contributed by atoms with E-state index in [1.54, 1.807) is 6.20 Å². The lowest BCUT2D eigenvalue weighted by molar-refractivity contribution is 1.20. The molecule has 2 nitrogen and oxygen atoms in total. The molecule has 0 aliphatic rings. The van der Waals surface area contributed by atoms with E-state index >= 15 is 0 Å². The fraction of sp³-hybridized carbons (Fsp3) is 0.200. The fourth-order valence-electron chi connectivity index (χ4n) is 0.919. The van der Waals surface area contributed by atoms with E-state index in [9.17, 15) is 0 Å². The Morgan fingerprint density at radius 2 is 2.50 bits per heavy atom. The van der Waals surface area contributed by atoms with Crippen LogP contribution in [0.25, 0.3) is 6.08 Å². The van der Waals surface area contributed by atoms with Crippen molar-refractivity contribution in [3.63, 3.8) is 0 Å². The van der Waals surface area contributed by atoms with Gasteiger partial charge in [0.1, 0.15) is 0 Å². The van der Waals surface area contributed by atoms with Gasteiger partial charge in [0, 0.05) is 11.9 Å². The largest absolute Gasteiger partial charge is 0.262 e. The number of hydrogen-bond acceptors (Lipinski definition) is 2. The lowest BCUT2D eigenvalue weighted by atomic mass is 10.2. The molecule has 0 aromatic carbocycles. The van der Waals surface area contributed by atoms with Gasteiger partial charge in [0.2, 0.25) is 0 Å². The normalized spacial score (nSPS) is 10.0. The summed E-state index contributed by atoms with van der Waals surface area (Å²) in [5, 5.41) is 8.29. The Balaban J connectivity index is 2.71. The van der Waals surface area contributed by atoms with Gasteiger partial charge in [-0.1, -0.05) is 12.2 Å². The first kappa shape index (κ1) is 8.48. The Labute approximate surface area is 72.2 Å². The van der Waals surface area contributed by atoms with Gasteiger partial charge in [-0.15, -0.1) is 0 Å². The van der Waals surface area contributed by atoms with Gasteiger partial charge in [0.15, 0.2) is 0 Å². The summed E-state index contributed by atoms with van der Waals surface area (Å²) >= 11 is 0. The Morgan fingerprint density at radius 1 is 1.67 bits per heavy atom. The van der Waals surface area contributed by atoms with Crippen LogP contribution in [-0.2, 0) is 0 Å². The average molecular weight is 158 g/mol. The summed E-state index contributed by atoms with van der Waals surface area (Å²) in [5.74, 6) is 0. The summed E-state index contributed by atoms with van der Waals surface area (Å²) in [6.45, 7) is 1.95. The molecule has 1 rings (SSSR count). The van der Waals surface area contributed by atoms with Crippen LogP contribution in [-0.4, -0.2) is 4.98 Å². The highest BCUT2D eigenvalue weighted by Crippen LogP contribution is 2.03. The third-order valence-corrected chi connectivity index (χ3v) is 1.44. The van der Waals surface area contributed by atoms with Gasteiger partial charge in [-0.05, 0) is 24.6 Å². The maximum Gasteiger partial charge on any atom is 0.0663 e. The van der Waals surface area contributed by atoms with E-state index in [0.29, 0.717) is 6.42 Å². The zero-order chi connectivity index (χ0) is 8.81. The van der Waals surface area contributed by atoms with Gasteiger partial charge in [0.05, 0.1) is 12.5 Å². The van der Waals surface area contributed by atoms with Crippen molar-refractivity contribution in [3.8, 4) is 6.07 Å². The minimum Gasteiger partial charge on any atom is -0.262 e. The fourth-order valence-corrected chi connectivity index (χ4v) is 0.919. The minimum atomic E-state index is 0.460. The summed E-state index contributed by atoms with van der Waals surface area (Å²) in [7, 11) is 0. The third-order valence-electron chi connectivity index (χ3n) is 1.44. The first-order valence-electron chi connectivity index (χ1n) is 3.79. The maximum absolute atomic E-state index is 8.29. The van der Waals surface area contributed by atoms with Crippen LogP contribution in [0, 0.1) is 18.3 Å². The number of aromatic nitrogens is 1. The molecular formula is C10H10N2. The van der Waals surface area contributed by atoms with E-state index in [1.165, 1.54) is 0 Å². The first-order valence-corrected chi connectivity index (χ1v) is 3.79. The van der Waals surface area contributed by atoms with Gasteiger partial charge in [-0.2, -0.15) is 5.26 Å². The summed E-state index contributed by atoms with van der Waals surface area (Å²) in [6.07, 6.45) is 6.00. The van der Waals surface area contributed by atoms with Crippen LogP contribution in [0.1, 0.15) is 17.7 Å². The van der Waals surface area contributed by atoms with Crippen LogP contribution >= 0.6 is 0 Å². The van der Waals surface area contributed by atoms with Crippen molar-refractivity contribution in [2.24, 2.45) is 0 Å². The smallest absolute Gasteiger partial charge is 0.0663 e. The predicted molar refractivity (Wildman–Crippen MR) is 48.2 cm³/mol. The van der Waals surface area contributed by atoms with E-state index in [-0.39, 0.29) is 0 Å². The van der Waals surface area contributed by atoms with Crippen molar-refractivity contribution in [2.45, 2.75) is 13.3 Å². The predicted octanol–water partition coefficient (Wildman–Crippen LogP) is 2.32. The van der Waals surface area contributed by atoms with Crippen molar-refractivity contribution >= 4 is 6.08 Å². The number of allylic oxidation sites excluding steroid dienone is 1. The van der Waals surface area contributed by atoms with Crippen molar-refractivity contribution in [1.82, 2.24) is 4.98 Å². The van der Waals surface area contributed by atoms with Crippen molar-refractivity contribution in [2.75, 3.05) is 0 Å². The number of nitriles is 1. The Morgan fingerprint density at radius 3 is 3.17 bits per heavy atom. The van der Waals surface area contributed by atoms with Crippen molar-refractivity contribution in [3.05, 3.63) is 35.7 Å². The van der Waals surface area contributed by atoms with Crippen molar-refractivity contribution < 1.29 is 0 Å². The van der Waals surface area contributed by atoms with E-state index in [4.69, 9.17) is 5.26 Å². The second-order valence-corrected chi connectivity index (χ2v) is 2.50. The highest BCUT2D eigenvalue weighted by Gasteiger charge is 1.86. The number of aryl methyl sites for hydroxylation is 1. The summed E-state index contributed by atoms with van der Waals surface area (Å²) in [4.78, 5) is 4.07. The quantitative estimate of drug-likeness (QED) is 0.662. The molecule has 60 valence electrons. The number of hydrogen-bond donors (Lipinski definition) is 0. The number of rotatable bonds is 2. The third kappa shape index (κ3) is 2.55. The van der Waals surface area contributed by atoms with Gasteiger partial charge >= 0.3 is 0 Å². The molecule has 12 heavy (non-hydrogen) atoms. The average Bonchev–Trinajstić information content (AvgIpc) is 2.05. The van der Waals surface area contributed by atoms with Crippen LogP contribution in [0.4, 0.5) is 0 Å². The van der Waals surface area contributed by atoms with Gasteiger partial charge in [-0.3, -0.25) is 4.98 Å². The summed E-state index contributed by atoms with van der Waals surface area (Å²) in [5.41, 5.74) is 2.09. The molecule has 0 saturated heterocycles. The van der Waals surface area contributed by atoms with E-state index in [2.05, 4.69) is 11.1 Å². The first-order chi connectivity index (χ1) is 5.83. The second kappa shape index (κ2) is 4.30. The standard InChI is InChI=1S/C10H10N2/c1-9-8-10(5-7-12-9)4-2-3-6-11/h2,4-5,7-8H,3H2,1H3. The Hall–Kier alpha value is -1.62. The topological polar surface area (TPSA) is 36.7 Å². The van der Waals surface area contributed by atoms with Crippen LogP contribution < -0.4 is 0 Å². The molecule has 1 aromatic rings. The minimum absolute atomic E-state index is 0.460. The van der Waals surface area contributed by atoms with Gasteiger partial charge in [-0.25, -0.2) is 0 Å². The van der Waals surface area contributed by atoms with E-state index < -0.39 is 0 Å². The van der Waals surface area contributed by atoms with E-state index in [1.807, 2.05) is 31.2 Å². The summed E-state index contributed by atoms with van der Waals surface area (Å²) < 4.78 is 0. The van der Waals surface area contributed by atoms with Gasteiger partial charge in [0.25, 0.3) is 0 Å². The molecule has 0 fully saturated rings. The second-order valence-electron chi connectivity index (χ2n) is 2.50. The SMILES string of the molecule is Cc1cc(C=CCC#N)ccn1. The molecule has 0 N–H and O–H groups in total. The molecule has 0 amide bonds. The molecule has 0 aliphatic carbocycles. The van der Waals surface area contributed by atoms with Gasteiger partial charge < -0.3 is 0 Å². The molecule has 0 unspecified atom stereocenters. The number of pyridine rings is 1. The zero-order valence-corrected chi connectivity index (χ0v) is 6.99. The molecule has 2 heteroatoms. The molecule has 0 bridgehead atoms. The Bertz CT molecular complexity index is 321. The number of nitrogens with zero attached hydrogens (tertiary/aromatic N) is 2. The molecular weight excluding hydrogens is 148 g/mol.